The Morgan fingerprint density at radius 2 is 1.86 bits per heavy atom. The molecule has 3 aliphatic rings. The number of anilines is 1. The van der Waals surface area contributed by atoms with Gasteiger partial charge in [0.2, 0.25) is 11.8 Å². The van der Waals surface area contributed by atoms with Gasteiger partial charge >= 0.3 is 6.18 Å². The van der Waals surface area contributed by atoms with E-state index in [9.17, 15) is 18.3 Å². The molecule has 10 heteroatoms. The fourth-order valence-corrected chi connectivity index (χ4v) is 7.12. The van der Waals surface area contributed by atoms with Crippen LogP contribution in [-0.4, -0.2) is 57.7 Å². The van der Waals surface area contributed by atoms with Crippen molar-refractivity contribution >= 4 is 16.9 Å². The van der Waals surface area contributed by atoms with E-state index in [4.69, 9.17) is 19.4 Å². The Hall–Kier alpha value is -2.46. The first-order chi connectivity index (χ1) is 20.5. The monoisotopic (exact) mass is 604 g/mol. The predicted molar refractivity (Wildman–Crippen MR) is 161 cm³/mol. The zero-order valence-electron chi connectivity index (χ0n) is 25.7. The van der Waals surface area contributed by atoms with Gasteiger partial charge in [0.1, 0.15) is 6.10 Å². The normalized spacial score (nSPS) is 31.0. The standard InChI is InChI=1S/C33H47F3N4O3/c1-20-4-9-27(14-21(2)13-24(12-20)15-23-10-11-42-19-23)43-31-29-18-38-32(39-22(3)16-33(34,35)36)40-30(29)28(17-37-31)25-5-7-26(41)8-6-25/h12,17-18,20-23,25-27,41H,4-11,13-16,19H2,1-3H3,(H,38,39,40)/b24-12+/t20-,21+,22-,23-,25-,26-,27-/m0/s1. The number of aromatic nitrogens is 3. The summed E-state index contributed by atoms with van der Waals surface area (Å²) < 4.78 is 51.2. The molecule has 238 valence electrons. The molecule has 0 aromatic carbocycles. The van der Waals surface area contributed by atoms with Gasteiger partial charge < -0.3 is 19.9 Å². The molecule has 43 heavy (non-hydrogen) atoms. The Kier molecular flexibility index (Phi) is 10.5. The molecule has 1 saturated carbocycles. The van der Waals surface area contributed by atoms with Gasteiger partial charge in [0.15, 0.2) is 0 Å². The maximum absolute atomic E-state index is 13.0. The highest BCUT2D eigenvalue weighted by molar-refractivity contribution is 5.86. The molecule has 1 saturated heterocycles. The molecule has 2 aromatic rings. The van der Waals surface area contributed by atoms with Gasteiger partial charge in [-0.25, -0.2) is 15.0 Å². The summed E-state index contributed by atoms with van der Waals surface area (Å²) in [5.74, 6) is 2.32. The predicted octanol–water partition coefficient (Wildman–Crippen LogP) is 7.74. The fourth-order valence-electron chi connectivity index (χ4n) is 7.12. The van der Waals surface area contributed by atoms with E-state index in [1.807, 2.05) is 6.20 Å². The molecular weight excluding hydrogens is 557 g/mol. The number of alkyl halides is 3. The van der Waals surface area contributed by atoms with Gasteiger partial charge in [-0.15, -0.1) is 0 Å². The smallest absolute Gasteiger partial charge is 0.391 e. The summed E-state index contributed by atoms with van der Waals surface area (Å²) in [5, 5.41) is 13.6. The van der Waals surface area contributed by atoms with E-state index in [1.165, 1.54) is 12.5 Å². The topological polar surface area (TPSA) is 89.4 Å². The van der Waals surface area contributed by atoms with Crippen molar-refractivity contribution in [3.8, 4) is 5.88 Å². The van der Waals surface area contributed by atoms with Crippen LogP contribution in [0.4, 0.5) is 19.1 Å². The third-order valence-corrected chi connectivity index (χ3v) is 9.26. The summed E-state index contributed by atoms with van der Waals surface area (Å²) in [4.78, 5) is 13.9. The zero-order chi connectivity index (χ0) is 30.6. The molecule has 5 rings (SSSR count). The molecular formula is C33H47F3N4O3. The van der Waals surface area contributed by atoms with E-state index < -0.39 is 18.6 Å². The van der Waals surface area contributed by atoms with Crippen LogP contribution in [0.25, 0.3) is 10.9 Å². The van der Waals surface area contributed by atoms with Gasteiger partial charge in [0.25, 0.3) is 0 Å². The second-order valence-electron chi connectivity index (χ2n) is 13.4. The molecule has 7 nitrogen and oxygen atoms in total. The Labute approximate surface area is 253 Å². The minimum absolute atomic E-state index is 0.0176. The minimum Gasteiger partial charge on any atom is -0.474 e. The van der Waals surface area contributed by atoms with Crippen molar-refractivity contribution in [3.63, 3.8) is 0 Å². The Morgan fingerprint density at radius 3 is 2.58 bits per heavy atom. The van der Waals surface area contributed by atoms with Crippen LogP contribution in [0.5, 0.6) is 5.88 Å². The lowest BCUT2D eigenvalue weighted by atomic mass is 9.83. The highest BCUT2D eigenvalue weighted by Gasteiger charge is 2.31. The lowest BCUT2D eigenvalue weighted by Crippen LogP contribution is -2.25. The van der Waals surface area contributed by atoms with Crippen molar-refractivity contribution in [1.82, 2.24) is 15.0 Å². The van der Waals surface area contributed by atoms with E-state index in [2.05, 4.69) is 30.2 Å². The molecule has 1 aliphatic heterocycles. The second kappa shape index (κ2) is 14.1. The zero-order valence-corrected chi connectivity index (χ0v) is 25.7. The Bertz CT molecular complexity index is 1240. The number of hydrogen-bond acceptors (Lipinski definition) is 7. The third kappa shape index (κ3) is 9.03. The van der Waals surface area contributed by atoms with Crippen molar-refractivity contribution < 1.29 is 27.8 Å². The molecule has 0 unspecified atom stereocenters. The third-order valence-electron chi connectivity index (χ3n) is 9.26. The molecule has 2 aromatic heterocycles. The number of nitrogens with zero attached hydrogens (tertiary/aromatic N) is 3. The van der Waals surface area contributed by atoms with Crippen LogP contribution in [0.1, 0.15) is 103 Å². The van der Waals surface area contributed by atoms with E-state index in [0.717, 1.165) is 70.1 Å². The molecule has 0 amide bonds. The molecule has 2 fully saturated rings. The van der Waals surface area contributed by atoms with Crippen molar-refractivity contribution in [1.29, 1.82) is 0 Å². The number of allylic oxidation sites excluding steroid dienone is 2. The summed E-state index contributed by atoms with van der Waals surface area (Å²) in [6, 6.07) is -0.870. The Morgan fingerprint density at radius 1 is 1.07 bits per heavy atom. The van der Waals surface area contributed by atoms with E-state index in [-0.39, 0.29) is 24.1 Å². The SMILES string of the molecule is C[C@@H]1C/C(C[C@@H]2CCOC2)=C\[C@@H](C)CC[C@H](Oc2ncc([C@H]3CC[C@H](O)CC3)c3nc(N[C@@H](C)CC(F)(F)F)ncc23)C1. The highest BCUT2D eigenvalue weighted by Crippen LogP contribution is 2.39. The molecule has 0 bridgehead atoms. The number of rotatable bonds is 8. The molecule has 0 spiro atoms. The van der Waals surface area contributed by atoms with Gasteiger partial charge in [-0.3, -0.25) is 0 Å². The van der Waals surface area contributed by atoms with Gasteiger partial charge in [-0.2, -0.15) is 13.2 Å². The summed E-state index contributed by atoms with van der Waals surface area (Å²) in [6.45, 7) is 7.79. The molecule has 2 N–H and O–H groups in total. The lowest BCUT2D eigenvalue weighted by molar-refractivity contribution is -0.136. The number of nitrogens with one attached hydrogen (secondary N) is 1. The van der Waals surface area contributed by atoms with Gasteiger partial charge in [0.05, 0.1) is 23.4 Å². The minimum atomic E-state index is -4.28. The van der Waals surface area contributed by atoms with Gasteiger partial charge in [0, 0.05) is 37.2 Å². The summed E-state index contributed by atoms with van der Waals surface area (Å²) in [7, 11) is 0. The molecule has 3 heterocycles. The van der Waals surface area contributed by atoms with Crippen LogP contribution in [0, 0.1) is 17.8 Å². The number of ether oxygens (including phenoxy) is 2. The maximum atomic E-state index is 13.0. The van der Waals surface area contributed by atoms with Crippen molar-refractivity contribution in [3.05, 3.63) is 29.6 Å². The van der Waals surface area contributed by atoms with E-state index in [1.54, 1.807) is 6.20 Å². The largest absolute Gasteiger partial charge is 0.474 e. The number of pyridine rings is 1. The fraction of sp³-hybridized carbons (Fsp3) is 0.727. The average Bonchev–Trinajstić information content (AvgIpc) is 3.45. The van der Waals surface area contributed by atoms with Crippen LogP contribution in [0.3, 0.4) is 0 Å². The van der Waals surface area contributed by atoms with Crippen LogP contribution < -0.4 is 10.1 Å². The number of fused-ring (bicyclic) bond motifs is 1. The molecule has 2 aliphatic carbocycles. The van der Waals surface area contributed by atoms with Gasteiger partial charge in [-0.1, -0.05) is 25.5 Å². The lowest BCUT2D eigenvalue weighted by Gasteiger charge is -2.27. The van der Waals surface area contributed by atoms with Gasteiger partial charge in [-0.05, 0) is 94.8 Å². The number of aliphatic hydroxyl groups excluding tert-OH is 1. The molecule has 0 radical (unpaired) electrons. The summed E-state index contributed by atoms with van der Waals surface area (Å²) in [5.41, 5.74) is 3.13. The first kappa shape index (κ1) is 31.9. The highest BCUT2D eigenvalue weighted by atomic mass is 19.4. The average molecular weight is 605 g/mol. The van der Waals surface area contributed by atoms with Crippen LogP contribution in [-0.2, 0) is 4.74 Å². The van der Waals surface area contributed by atoms with Crippen LogP contribution in [0.15, 0.2) is 24.0 Å². The summed E-state index contributed by atoms with van der Waals surface area (Å²) in [6.07, 6.45) is 9.49. The number of aliphatic hydroxyl groups is 1. The van der Waals surface area contributed by atoms with Crippen molar-refractivity contribution in [2.75, 3.05) is 18.5 Å². The van der Waals surface area contributed by atoms with Crippen LogP contribution in [0.2, 0.25) is 0 Å². The second-order valence-corrected chi connectivity index (χ2v) is 13.4. The van der Waals surface area contributed by atoms with E-state index >= 15 is 0 Å². The molecule has 5 atom stereocenters. The number of hydrogen-bond donors (Lipinski definition) is 2. The summed E-state index contributed by atoms with van der Waals surface area (Å²) >= 11 is 0. The van der Waals surface area contributed by atoms with Crippen molar-refractivity contribution in [2.45, 2.75) is 122 Å². The first-order valence-electron chi connectivity index (χ1n) is 16.1. The Balaban J connectivity index is 1.37. The number of halogens is 3. The van der Waals surface area contributed by atoms with Crippen LogP contribution >= 0.6 is 0 Å². The quantitative estimate of drug-likeness (QED) is 0.298. The maximum Gasteiger partial charge on any atom is 0.391 e. The first-order valence-corrected chi connectivity index (χ1v) is 16.1. The van der Waals surface area contributed by atoms with Crippen molar-refractivity contribution in [2.24, 2.45) is 17.8 Å². The van der Waals surface area contributed by atoms with E-state index in [0.29, 0.717) is 47.4 Å².